The molecule has 1 aromatic heterocycles. The molecule has 4 rings (SSSR count). The minimum Gasteiger partial charge on any atom is -0.475 e. The van der Waals surface area contributed by atoms with Gasteiger partial charge in [-0.25, -0.2) is 0 Å². The number of morpholine rings is 1. The first-order valence-corrected chi connectivity index (χ1v) is 10.0. The van der Waals surface area contributed by atoms with E-state index in [1.165, 1.54) is 31.2 Å². The van der Waals surface area contributed by atoms with Crippen LogP contribution in [0.4, 0.5) is 13.2 Å². The maximum Gasteiger partial charge on any atom is 0.573 e. The van der Waals surface area contributed by atoms with Gasteiger partial charge < -0.3 is 23.6 Å². The lowest BCUT2D eigenvalue weighted by Crippen LogP contribution is -2.48. The van der Waals surface area contributed by atoms with Crippen molar-refractivity contribution in [3.63, 3.8) is 0 Å². The zero-order valence-electron chi connectivity index (χ0n) is 17.2. The van der Waals surface area contributed by atoms with E-state index in [0.717, 1.165) is 5.56 Å². The SMILES string of the molecule is CC(=O)N1CCOC[C@@H]1CCOc1noc2ccc(-c3ccc(OC(F)(F)F)cc3)cc12. The zero-order chi connectivity index (χ0) is 22.7. The van der Waals surface area contributed by atoms with Crippen molar-refractivity contribution in [2.45, 2.75) is 25.7 Å². The number of carbonyl (C=O) groups is 1. The third-order valence-corrected chi connectivity index (χ3v) is 5.18. The summed E-state index contributed by atoms with van der Waals surface area (Å²) in [5.41, 5.74) is 1.98. The van der Waals surface area contributed by atoms with Gasteiger partial charge in [0.05, 0.1) is 31.2 Å². The van der Waals surface area contributed by atoms with Crippen molar-refractivity contribution >= 4 is 16.9 Å². The number of amides is 1. The number of ether oxygens (including phenoxy) is 3. The molecule has 1 aliphatic rings. The Balaban J connectivity index is 1.45. The van der Waals surface area contributed by atoms with Gasteiger partial charge in [-0.1, -0.05) is 18.2 Å². The number of hydrogen-bond donors (Lipinski definition) is 0. The molecular weight excluding hydrogens is 429 g/mol. The molecule has 1 aliphatic heterocycles. The van der Waals surface area contributed by atoms with E-state index in [0.29, 0.717) is 55.2 Å². The van der Waals surface area contributed by atoms with Crippen molar-refractivity contribution < 1.29 is 36.7 Å². The number of alkyl halides is 3. The molecule has 7 nitrogen and oxygen atoms in total. The number of benzene rings is 2. The Morgan fingerprint density at radius 2 is 1.94 bits per heavy atom. The van der Waals surface area contributed by atoms with E-state index in [1.807, 2.05) is 0 Å². The van der Waals surface area contributed by atoms with E-state index < -0.39 is 6.36 Å². The van der Waals surface area contributed by atoms with Crippen LogP contribution in [-0.4, -0.2) is 54.7 Å². The Labute approximate surface area is 181 Å². The average molecular weight is 450 g/mol. The highest BCUT2D eigenvalue weighted by Gasteiger charge is 2.31. The van der Waals surface area contributed by atoms with Crippen LogP contribution in [0.25, 0.3) is 22.1 Å². The lowest BCUT2D eigenvalue weighted by atomic mass is 10.0. The highest BCUT2D eigenvalue weighted by molar-refractivity contribution is 5.87. The summed E-state index contributed by atoms with van der Waals surface area (Å²) in [4.78, 5) is 13.6. The Morgan fingerprint density at radius 3 is 2.66 bits per heavy atom. The lowest BCUT2D eigenvalue weighted by molar-refractivity contribution is -0.274. The summed E-state index contributed by atoms with van der Waals surface area (Å²) in [5.74, 6) is 0.0223. The molecule has 0 unspecified atom stereocenters. The van der Waals surface area contributed by atoms with E-state index in [1.54, 1.807) is 23.1 Å². The van der Waals surface area contributed by atoms with Crippen molar-refractivity contribution in [1.82, 2.24) is 10.1 Å². The highest BCUT2D eigenvalue weighted by atomic mass is 19.4. The number of carbonyl (C=O) groups excluding carboxylic acids is 1. The molecule has 1 amide bonds. The van der Waals surface area contributed by atoms with Crippen LogP contribution in [0.1, 0.15) is 13.3 Å². The third kappa shape index (κ3) is 5.13. The molecule has 0 aliphatic carbocycles. The number of aromatic nitrogens is 1. The van der Waals surface area contributed by atoms with Gasteiger partial charge in [-0.05, 0) is 40.5 Å². The van der Waals surface area contributed by atoms with Crippen molar-refractivity contribution in [3.05, 3.63) is 42.5 Å². The first-order valence-electron chi connectivity index (χ1n) is 10.0. The average Bonchev–Trinajstić information content (AvgIpc) is 3.16. The predicted molar refractivity (Wildman–Crippen MR) is 108 cm³/mol. The molecule has 10 heteroatoms. The number of nitrogens with zero attached hydrogens (tertiary/aromatic N) is 2. The molecule has 0 saturated carbocycles. The molecule has 32 heavy (non-hydrogen) atoms. The largest absolute Gasteiger partial charge is 0.573 e. The van der Waals surface area contributed by atoms with E-state index >= 15 is 0 Å². The molecule has 170 valence electrons. The van der Waals surface area contributed by atoms with Gasteiger partial charge in [0.1, 0.15) is 5.75 Å². The Morgan fingerprint density at radius 1 is 1.19 bits per heavy atom. The van der Waals surface area contributed by atoms with Gasteiger partial charge in [0.2, 0.25) is 5.91 Å². The summed E-state index contributed by atoms with van der Waals surface area (Å²) in [7, 11) is 0. The van der Waals surface area contributed by atoms with Crippen LogP contribution in [0.15, 0.2) is 47.0 Å². The predicted octanol–water partition coefficient (Wildman–Crippen LogP) is 4.41. The zero-order valence-corrected chi connectivity index (χ0v) is 17.2. The normalized spacial score (nSPS) is 16.9. The maximum absolute atomic E-state index is 12.3. The summed E-state index contributed by atoms with van der Waals surface area (Å²) in [5, 5.41) is 4.61. The molecular formula is C22H21F3N2O5. The second kappa shape index (κ2) is 9.07. The molecule has 3 aromatic rings. The lowest BCUT2D eigenvalue weighted by Gasteiger charge is -2.34. The van der Waals surface area contributed by atoms with Gasteiger partial charge in [0.15, 0.2) is 5.58 Å². The molecule has 0 radical (unpaired) electrons. The Kier molecular flexibility index (Phi) is 6.22. The number of halogens is 3. The quantitative estimate of drug-likeness (QED) is 0.554. The smallest absolute Gasteiger partial charge is 0.475 e. The molecule has 1 fully saturated rings. The van der Waals surface area contributed by atoms with Gasteiger partial charge >= 0.3 is 6.36 Å². The first kappa shape index (κ1) is 21.9. The standard InChI is InChI=1S/C22H21F3N2O5/c1-14(28)27-9-11-29-13-17(27)8-10-30-21-19-12-16(4-7-20(19)32-26-21)15-2-5-18(6-3-15)31-22(23,24)25/h2-7,12,17H,8-11,13H2,1H3/t17-/m0/s1. The minimum atomic E-state index is -4.74. The highest BCUT2D eigenvalue weighted by Crippen LogP contribution is 2.32. The van der Waals surface area contributed by atoms with Crippen LogP contribution in [0.3, 0.4) is 0 Å². The van der Waals surface area contributed by atoms with Crippen molar-refractivity contribution in [2.24, 2.45) is 0 Å². The summed E-state index contributed by atoms with van der Waals surface area (Å²) < 4.78 is 57.5. The van der Waals surface area contributed by atoms with E-state index in [4.69, 9.17) is 14.0 Å². The second-order valence-corrected chi connectivity index (χ2v) is 7.35. The molecule has 0 spiro atoms. The van der Waals surface area contributed by atoms with Gasteiger partial charge in [-0.15, -0.1) is 13.2 Å². The van der Waals surface area contributed by atoms with Gasteiger partial charge in [0.25, 0.3) is 5.88 Å². The molecule has 0 N–H and O–H groups in total. The summed E-state index contributed by atoms with van der Waals surface area (Å²) >= 11 is 0. The Hall–Kier alpha value is -3.27. The van der Waals surface area contributed by atoms with Crippen molar-refractivity contribution in [1.29, 1.82) is 0 Å². The first-order chi connectivity index (χ1) is 15.3. The minimum absolute atomic E-state index is 0.00137. The van der Waals surface area contributed by atoms with Crippen LogP contribution in [0.5, 0.6) is 11.6 Å². The number of fused-ring (bicyclic) bond motifs is 1. The fraction of sp³-hybridized carbons (Fsp3) is 0.364. The van der Waals surface area contributed by atoms with Gasteiger partial charge in [-0.3, -0.25) is 4.79 Å². The number of hydrogen-bond acceptors (Lipinski definition) is 6. The van der Waals surface area contributed by atoms with Crippen molar-refractivity contribution in [2.75, 3.05) is 26.4 Å². The van der Waals surface area contributed by atoms with Crippen LogP contribution in [0.2, 0.25) is 0 Å². The third-order valence-electron chi connectivity index (χ3n) is 5.18. The molecule has 1 saturated heterocycles. The molecule has 0 bridgehead atoms. The fourth-order valence-corrected chi connectivity index (χ4v) is 3.65. The van der Waals surface area contributed by atoms with Crippen molar-refractivity contribution in [3.8, 4) is 22.8 Å². The van der Waals surface area contributed by atoms with Crippen LogP contribution < -0.4 is 9.47 Å². The van der Waals surface area contributed by atoms with Gasteiger partial charge in [0, 0.05) is 19.9 Å². The van der Waals surface area contributed by atoms with Crippen LogP contribution >= 0.6 is 0 Å². The monoisotopic (exact) mass is 450 g/mol. The van der Waals surface area contributed by atoms with E-state index in [9.17, 15) is 18.0 Å². The molecule has 2 heterocycles. The topological polar surface area (TPSA) is 74.0 Å². The summed E-state index contributed by atoms with van der Waals surface area (Å²) in [6.45, 7) is 3.39. The van der Waals surface area contributed by atoms with Gasteiger partial charge in [-0.2, -0.15) is 0 Å². The second-order valence-electron chi connectivity index (χ2n) is 7.35. The number of rotatable bonds is 6. The fourth-order valence-electron chi connectivity index (χ4n) is 3.65. The van der Waals surface area contributed by atoms with Crippen LogP contribution in [-0.2, 0) is 9.53 Å². The molecule has 2 aromatic carbocycles. The van der Waals surface area contributed by atoms with Crippen LogP contribution in [0, 0.1) is 0 Å². The molecule has 1 atom stereocenters. The Bertz CT molecular complexity index is 1080. The van der Waals surface area contributed by atoms with E-state index in [2.05, 4.69) is 9.89 Å². The van der Waals surface area contributed by atoms with E-state index in [-0.39, 0.29) is 17.7 Å². The maximum atomic E-state index is 12.3. The summed E-state index contributed by atoms with van der Waals surface area (Å²) in [6, 6.07) is 10.8. The summed E-state index contributed by atoms with van der Waals surface area (Å²) in [6.07, 6.45) is -4.16.